The molecule has 0 radical (unpaired) electrons. The third kappa shape index (κ3) is 5.15. The minimum atomic E-state index is -0.388. The van der Waals surface area contributed by atoms with E-state index in [-0.39, 0.29) is 5.97 Å². The predicted molar refractivity (Wildman–Crippen MR) is 82.4 cm³/mol. The second-order valence-corrected chi connectivity index (χ2v) is 4.57. The van der Waals surface area contributed by atoms with Gasteiger partial charge in [-0.3, -0.25) is 0 Å². The highest BCUT2D eigenvalue weighted by molar-refractivity contribution is 5.89. The number of ether oxygens (including phenoxy) is 2. The number of benzene rings is 2. The first kappa shape index (κ1) is 14.9. The summed E-state index contributed by atoms with van der Waals surface area (Å²) in [5.41, 5.74) is 0.454. The molecule has 0 aromatic heterocycles. The van der Waals surface area contributed by atoms with Gasteiger partial charge in [0.1, 0.15) is 11.5 Å². The molecule has 0 heterocycles. The van der Waals surface area contributed by atoms with Crippen molar-refractivity contribution in [1.82, 2.24) is 0 Å². The first-order valence-corrected chi connectivity index (χ1v) is 6.88. The topological polar surface area (TPSA) is 35.5 Å². The molecule has 0 unspecified atom stereocenters. The fourth-order valence-corrected chi connectivity index (χ4v) is 1.76. The van der Waals surface area contributed by atoms with Crippen molar-refractivity contribution in [3.05, 3.63) is 72.8 Å². The molecule has 0 fully saturated rings. The highest BCUT2D eigenvalue weighted by atomic mass is 16.5. The zero-order valence-electron chi connectivity index (χ0n) is 11.8. The zero-order chi connectivity index (χ0) is 14.9. The molecule has 0 aliphatic heterocycles. The maximum absolute atomic E-state index is 11.8. The monoisotopic (exact) mass is 282 g/mol. The van der Waals surface area contributed by atoms with Gasteiger partial charge >= 0.3 is 5.97 Å². The number of carbonyl (C=O) groups is 1. The van der Waals surface area contributed by atoms with Crippen LogP contribution in [0, 0.1) is 0 Å². The van der Waals surface area contributed by atoms with E-state index in [0.717, 1.165) is 12.2 Å². The van der Waals surface area contributed by atoms with Crippen LogP contribution in [0.3, 0.4) is 0 Å². The predicted octanol–water partition coefficient (Wildman–Crippen LogP) is 4.01. The molecule has 0 bridgehead atoms. The summed E-state index contributed by atoms with van der Waals surface area (Å²) in [4.78, 5) is 11.8. The molecule has 3 heteroatoms. The summed E-state index contributed by atoms with van der Waals surface area (Å²) in [6, 6.07) is 18.6. The fourth-order valence-electron chi connectivity index (χ4n) is 1.76. The van der Waals surface area contributed by atoms with Crippen LogP contribution >= 0.6 is 0 Å². The molecule has 3 nitrogen and oxygen atoms in total. The number of hydrogen-bond acceptors (Lipinski definition) is 3. The lowest BCUT2D eigenvalue weighted by Crippen LogP contribution is -2.11. The first-order chi connectivity index (χ1) is 10.3. The van der Waals surface area contributed by atoms with Crippen LogP contribution in [0.4, 0.5) is 0 Å². The summed E-state index contributed by atoms with van der Waals surface area (Å²) in [5, 5.41) is 0. The second-order valence-electron chi connectivity index (χ2n) is 4.57. The summed E-state index contributed by atoms with van der Waals surface area (Å²) in [5.74, 6) is 0.972. The molecule has 0 N–H and O–H groups in total. The Morgan fingerprint density at radius 2 is 1.48 bits per heavy atom. The van der Waals surface area contributed by atoms with E-state index in [1.807, 2.05) is 48.5 Å². The zero-order valence-corrected chi connectivity index (χ0v) is 11.8. The Hall–Kier alpha value is -2.55. The van der Waals surface area contributed by atoms with Crippen LogP contribution in [-0.4, -0.2) is 12.6 Å². The molecule has 0 aliphatic rings. The Bertz CT molecular complexity index is 576. The molecular formula is C18H18O3. The van der Waals surface area contributed by atoms with Crippen LogP contribution < -0.4 is 9.47 Å². The molecule has 0 atom stereocenters. The van der Waals surface area contributed by atoms with Crippen LogP contribution in [0.15, 0.2) is 72.8 Å². The van der Waals surface area contributed by atoms with Crippen molar-refractivity contribution in [3.63, 3.8) is 0 Å². The van der Waals surface area contributed by atoms with E-state index in [0.29, 0.717) is 24.4 Å². The van der Waals surface area contributed by atoms with Crippen molar-refractivity contribution in [1.29, 1.82) is 0 Å². The highest BCUT2D eigenvalue weighted by Crippen LogP contribution is 2.13. The van der Waals surface area contributed by atoms with Gasteiger partial charge in [-0.1, -0.05) is 43.0 Å². The lowest BCUT2D eigenvalue weighted by atomic mass is 10.2. The average Bonchev–Trinajstić information content (AvgIpc) is 2.53. The average molecular weight is 282 g/mol. The minimum absolute atomic E-state index is 0.388. The maximum atomic E-state index is 11.8. The van der Waals surface area contributed by atoms with Gasteiger partial charge in [-0.15, -0.1) is 0 Å². The lowest BCUT2D eigenvalue weighted by molar-refractivity contribution is -0.130. The Morgan fingerprint density at radius 1 is 0.905 bits per heavy atom. The van der Waals surface area contributed by atoms with Crippen LogP contribution in [0.25, 0.3) is 0 Å². The van der Waals surface area contributed by atoms with E-state index < -0.39 is 0 Å². The minimum Gasteiger partial charge on any atom is -0.494 e. The summed E-state index contributed by atoms with van der Waals surface area (Å²) in [7, 11) is 0. The number of carbonyl (C=O) groups excluding carboxylic acids is 1. The van der Waals surface area contributed by atoms with Gasteiger partial charge in [0.15, 0.2) is 0 Å². The number of rotatable bonds is 7. The Balaban J connectivity index is 1.68. The van der Waals surface area contributed by atoms with Crippen LogP contribution in [-0.2, 0) is 4.79 Å². The normalized spacial score (nSPS) is 9.90. The number of hydrogen-bond donors (Lipinski definition) is 0. The van der Waals surface area contributed by atoms with Crippen molar-refractivity contribution in [2.24, 2.45) is 0 Å². The van der Waals surface area contributed by atoms with Gasteiger partial charge < -0.3 is 9.47 Å². The Labute approximate surface area is 124 Å². The van der Waals surface area contributed by atoms with E-state index in [4.69, 9.17) is 9.47 Å². The van der Waals surface area contributed by atoms with Crippen molar-refractivity contribution < 1.29 is 14.3 Å². The molecule has 0 aliphatic carbocycles. The van der Waals surface area contributed by atoms with Crippen molar-refractivity contribution in [2.45, 2.75) is 12.8 Å². The summed E-state index contributed by atoms with van der Waals surface area (Å²) in [6.07, 6.45) is 1.27. The van der Waals surface area contributed by atoms with E-state index in [1.165, 1.54) is 0 Å². The molecule has 0 saturated carbocycles. The summed E-state index contributed by atoms with van der Waals surface area (Å²) >= 11 is 0. The standard InChI is InChI=1S/C18H18O3/c1-15(18(19)21-17-12-6-3-7-13-17)9-8-14-20-16-10-4-2-5-11-16/h2-7,10-13H,1,8-9,14H2. The fraction of sp³-hybridized carbons (Fsp3) is 0.167. The van der Waals surface area contributed by atoms with Gasteiger partial charge in [0.2, 0.25) is 0 Å². The van der Waals surface area contributed by atoms with Crippen molar-refractivity contribution in [2.75, 3.05) is 6.61 Å². The maximum Gasteiger partial charge on any atom is 0.338 e. The molecule has 2 aromatic rings. The Kier molecular flexibility index (Phi) is 5.59. The molecule has 0 saturated heterocycles. The Morgan fingerprint density at radius 3 is 2.10 bits per heavy atom. The smallest absolute Gasteiger partial charge is 0.338 e. The molecule has 0 amide bonds. The van der Waals surface area contributed by atoms with Gasteiger partial charge in [0, 0.05) is 5.57 Å². The van der Waals surface area contributed by atoms with Gasteiger partial charge in [0.25, 0.3) is 0 Å². The molecule has 21 heavy (non-hydrogen) atoms. The quantitative estimate of drug-likeness (QED) is 0.333. The molecular weight excluding hydrogens is 264 g/mol. The highest BCUT2D eigenvalue weighted by Gasteiger charge is 2.09. The summed E-state index contributed by atoms with van der Waals surface area (Å²) in [6.45, 7) is 4.31. The van der Waals surface area contributed by atoms with E-state index in [2.05, 4.69) is 6.58 Å². The number of esters is 1. The van der Waals surface area contributed by atoms with Gasteiger partial charge in [0.05, 0.1) is 6.61 Å². The summed E-state index contributed by atoms with van der Waals surface area (Å²) < 4.78 is 10.8. The van der Waals surface area contributed by atoms with Crippen LogP contribution in [0.1, 0.15) is 12.8 Å². The van der Waals surface area contributed by atoms with Crippen molar-refractivity contribution in [3.8, 4) is 11.5 Å². The van der Waals surface area contributed by atoms with Crippen molar-refractivity contribution >= 4 is 5.97 Å². The number of para-hydroxylation sites is 2. The molecule has 2 aromatic carbocycles. The second kappa shape index (κ2) is 7.90. The molecule has 0 spiro atoms. The van der Waals surface area contributed by atoms with Gasteiger partial charge in [-0.2, -0.15) is 0 Å². The SMILES string of the molecule is C=C(CCCOc1ccccc1)C(=O)Oc1ccccc1. The largest absolute Gasteiger partial charge is 0.494 e. The molecule has 2 rings (SSSR count). The molecule has 108 valence electrons. The first-order valence-electron chi connectivity index (χ1n) is 6.88. The van der Waals surface area contributed by atoms with E-state index >= 15 is 0 Å². The lowest BCUT2D eigenvalue weighted by Gasteiger charge is -2.08. The third-order valence-corrected chi connectivity index (χ3v) is 2.88. The van der Waals surface area contributed by atoms with Gasteiger partial charge in [-0.05, 0) is 37.1 Å². The van der Waals surface area contributed by atoms with Crippen LogP contribution in [0.2, 0.25) is 0 Å². The third-order valence-electron chi connectivity index (χ3n) is 2.88. The van der Waals surface area contributed by atoms with E-state index in [9.17, 15) is 4.79 Å². The van der Waals surface area contributed by atoms with E-state index in [1.54, 1.807) is 12.1 Å². The van der Waals surface area contributed by atoms with Crippen LogP contribution in [0.5, 0.6) is 11.5 Å². The van der Waals surface area contributed by atoms with Gasteiger partial charge in [-0.25, -0.2) is 4.79 Å².